The number of fused-ring (bicyclic) bond motifs is 1. The number of benzene rings is 1. The van der Waals surface area contributed by atoms with Gasteiger partial charge in [-0.25, -0.2) is 0 Å². The first-order valence-corrected chi connectivity index (χ1v) is 11.5. The van der Waals surface area contributed by atoms with Crippen LogP contribution in [0.5, 0.6) is 0 Å². The van der Waals surface area contributed by atoms with Crippen molar-refractivity contribution in [2.45, 2.75) is 56.7 Å². The smallest absolute Gasteiger partial charge is 0.262 e. The number of piperazine rings is 1. The molecule has 4 aliphatic rings. The molecule has 3 aliphatic heterocycles. The number of piperidine rings is 1. The van der Waals surface area contributed by atoms with Crippen LogP contribution in [-0.4, -0.2) is 77.7 Å². The molecule has 170 valence electrons. The van der Waals surface area contributed by atoms with Crippen molar-refractivity contribution in [2.24, 2.45) is 5.73 Å². The summed E-state index contributed by atoms with van der Waals surface area (Å²) < 4.78 is 0. The van der Waals surface area contributed by atoms with Gasteiger partial charge in [0.2, 0.25) is 11.8 Å². The van der Waals surface area contributed by atoms with E-state index in [1.54, 1.807) is 12.1 Å². The number of amides is 4. The Morgan fingerprint density at radius 3 is 2.22 bits per heavy atom. The molecule has 1 aromatic carbocycles. The minimum absolute atomic E-state index is 0.117. The fraction of sp³-hybridized carbons (Fsp3) is 0.565. The summed E-state index contributed by atoms with van der Waals surface area (Å²) in [6, 6.07) is 5.36. The van der Waals surface area contributed by atoms with Crippen LogP contribution in [0.1, 0.15) is 59.2 Å². The number of hydrogen-bond acceptors (Lipinski definition) is 7. The quantitative estimate of drug-likeness (QED) is 0.658. The maximum Gasteiger partial charge on any atom is 0.262 e. The number of carbonyl (C=O) groups is 4. The predicted molar refractivity (Wildman–Crippen MR) is 117 cm³/mol. The van der Waals surface area contributed by atoms with Crippen LogP contribution in [0.3, 0.4) is 0 Å². The highest BCUT2D eigenvalue weighted by molar-refractivity contribution is 6.23. The van der Waals surface area contributed by atoms with Crippen molar-refractivity contribution in [3.05, 3.63) is 29.3 Å². The SMILES string of the molecule is NC1CCC(N2CCN(c3ccc4c(c3)C(=O)N(C3CCC(=O)NC3=O)C4=O)CC2)CC1. The summed E-state index contributed by atoms with van der Waals surface area (Å²) in [6.45, 7) is 3.65. The normalized spacial score (nSPS) is 29.3. The summed E-state index contributed by atoms with van der Waals surface area (Å²) in [7, 11) is 0. The van der Waals surface area contributed by atoms with Crippen molar-refractivity contribution < 1.29 is 19.2 Å². The monoisotopic (exact) mass is 439 g/mol. The van der Waals surface area contributed by atoms with E-state index < -0.39 is 23.8 Å². The van der Waals surface area contributed by atoms with Gasteiger partial charge >= 0.3 is 0 Å². The van der Waals surface area contributed by atoms with E-state index in [1.807, 2.05) is 6.07 Å². The maximum atomic E-state index is 13.1. The Kier molecular flexibility index (Phi) is 5.46. The highest BCUT2D eigenvalue weighted by atomic mass is 16.2. The molecule has 1 aromatic rings. The fourth-order valence-electron chi connectivity index (χ4n) is 5.47. The number of nitrogens with zero attached hydrogens (tertiary/aromatic N) is 3. The molecule has 3 N–H and O–H groups in total. The Morgan fingerprint density at radius 1 is 0.844 bits per heavy atom. The number of rotatable bonds is 3. The first kappa shape index (κ1) is 21.1. The van der Waals surface area contributed by atoms with Crippen LogP contribution in [-0.2, 0) is 9.59 Å². The van der Waals surface area contributed by atoms with Crippen molar-refractivity contribution in [3.8, 4) is 0 Å². The van der Waals surface area contributed by atoms with Gasteiger partial charge in [-0.05, 0) is 50.3 Å². The number of hydrogen-bond donors (Lipinski definition) is 2. The number of anilines is 1. The summed E-state index contributed by atoms with van der Waals surface area (Å²) in [5, 5.41) is 2.23. The second kappa shape index (κ2) is 8.29. The van der Waals surface area contributed by atoms with E-state index >= 15 is 0 Å². The molecule has 32 heavy (non-hydrogen) atoms. The van der Waals surface area contributed by atoms with Gasteiger partial charge in [0.15, 0.2) is 0 Å². The molecule has 4 amide bonds. The lowest BCUT2D eigenvalue weighted by atomic mass is 9.90. The molecular weight excluding hydrogens is 410 g/mol. The van der Waals surface area contributed by atoms with Crippen molar-refractivity contribution in [1.29, 1.82) is 0 Å². The minimum Gasteiger partial charge on any atom is -0.369 e. The van der Waals surface area contributed by atoms with Gasteiger partial charge in [0.05, 0.1) is 11.1 Å². The van der Waals surface area contributed by atoms with E-state index in [-0.39, 0.29) is 18.7 Å². The van der Waals surface area contributed by atoms with E-state index in [4.69, 9.17) is 5.73 Å². The van der Waals surface area contributed by atoms with Crippen molar-refractivity contribution in [3.63, 3.8) is 0 Å². The number of carbonyl (C=O) groups excluding carboxylic acids is 4. The Labute approximate surface area is 186 Å². The molecule has 0 bridgehead atoms. The van der Waals surface area contributed by atoms with Crippen LogP contribution in [0.4, 0.5) is 5.69 Å². The third-order valence-electron chi connectivity index (χ3n) is 7.36. The molecule has 2 saturated heterocycles. The summed E-state index contributed by atoms with van der Waals surface area (Å²) in [4.78, 5) is 55.4. The predicted octanol–water partition coefficient (Wildman–Crippen LogP) is 0.480. The molecule has 1 atom stereocenters. The number of imide groups is 2. The van der Waals surface area contributed by atoms with Gasteiger partial charge < -0.3 is 10.6 Å². The molecular formula is C23H29N5O4. The summed E-state index contributed by atoms with van der Waals surface area (Å²) in [5.74, 6) is -1.89. The summed E-state index contributed by atoms with van der Waals surface area (Å²) in [6.07, 6.45) is 4.79. The molecule has 3 fully saturated rings. The minimum atomic E-state index is -0.935. The molecule has 1 unspecified atom stereocenters. The molecule has 1 aliphatic carbocycles. The zero-order valence-electron chi connectivity index (χ0n) is 18.1. The van der Waals surface area contributed by atoms with Crippen molar-refractivity contribution >= 4 is 29.3 Å². The van der Waals surface area contributed by atoms with Gasteiger partial charge in [0, 0.05) is 50.4 Å². The highest BCUT2D eigenvalue weighted by Crippen LogP contribution is 2.31. The van der Waals surface area contributed by atoms with Gasteiger partial charge in [0.1, 0.15) is 6.04 Å². The average Bonchev–Trinajstić information content (AvgIpc) is 3.04. The molecule has 3 heterocycles. The van der Waals surface area contributed by atoms with E-state index in [9.17, 15) is 19.2 Å². The molecule has 0 aromatic heterocycles. The second-order valence-electron chi connectivity index (χ2n) is 9.27. The summed E-state index contributed by atoms with van der Waals surface area (Å²) >= 11 is 0. The Balaban J connectivity index is 1.27. The summed E-state index contributed by atoms with van der Waals surface area (Å²) in [5.41, 5.74) is 7.61. The number of nitrogens with two attached hydrogens (primary N) is 1. The van der Waals surface area contributed by atoms with Crippen LogP contribution in [0.2, 0.25) is 0 Å². The Morgan fingerprint density at radius 2 is 1.53 bits per heavy atom. The van der Waals surface area contributed by atoms with Gasteiger partial charge in [-0.3, -0.25) is 34.3 Å². The van der Waals surface area contributed by atoms with E-state index in [0.29, 0.717) is 23.2 Å². The lowest BCUT2D eigenvalue weighted by Gasteiger charge is -2.42. The first-order valence-electron chi connectivity index (χ1n) is 11.5. The molecule has 1 saturated carbocycles. The maximum absolute atomic E-state index is 13.1. The van der Waals surface area contributed by atoms with Crippen LogP contribution >= 0.6 is 0 Å². The zero-order valence-corrected chi connectivity index (χ0v) is 18.1. The van der Waals surface area contributed by atoms with Crippen LogP contribution in [0, 0.1) is 0 Å². The van der Waals surface area contributed by atoms with E-state index in [2.05, 4.69) is 15.1 Å². The lowest BCUT2D eigenvalue weighted by Crippen LogP contribution is -2.54. The van der Waals surface area contributed by atoms with Crippen molar-refractivity contribution in [1.82, 2.24) is 15.1 Å². The second-order valence-corrected chi connectivity index (χ2v) is 9.27. The first-order chi connectivity index (χ1) is 15.4. The number of nitrogens with one attached hydrogen (secondary N) is 1. The van der Waals surface area contributed by atoms with Crippen LogP contribution in [0.15, 0.2) is 18.2 Å². The fourth-order valence-corrected chi connectivity index (χ4v) is 5.47. The zero-order chi connectivity index (χ0) is 22.4. The van der Waals surface area contributed by atoms with E-state index in [1.165, 1.54) is 0 Å². The standard InChI is InChI=1S/C23H29N5O4/c24-14-1-3-15(4-2-14)26-9-11-27(12-10-26)16-5-6-17-18(13-16)23(32)28(22(17)31)19-7-8-20(29)25-21(19)30/h5-6,13-15,19H,1-4,7-12,24H2,(H,25,29,30). The molecule has 9 heteroatoms. The van der Waals surface area contributed by atoms with Crippen LogP contribution < -0.4 is 16.0 Å². The van der Waals surface area contributed by atoms with Crippen LogP contribution in [0.25, 0.3) is 0 Å². The van der Waals surface area contributed by atoms with Crippen molar-refractivity contribution in [2.75, 3.05) is 31.1 Å². The molecule has 0 spiro atoms. The van der Waals surface area contributed by atoms with Gasteiger partial charge in [-0.1, -0.05) is 0 Å². The third kappa shape index (κ3) is 3.69. The van der Waals surface area contributed by atoms with E-state index in [0.717, 1.165) is 62.4 Å². The van der Waals surface area contributed by atoms with Gasteiger partial charge in [0.25, 0.3) is 11.8 Å². The Bertz CT molecular complexity index is 963. The third-order valence-corrected chi connectivity index (χ3v) is 7.36. The largest absolute Gasteiger partial charge is 0.369 e. The van der Waals surface area contributed by atoms with Gasteiger partial charge in [-0.15, -0.1) is 0 Å². The molecule has 5 rings (SSSR count). The lowest BCUT2D eigenvalue weighted by molar-refractivity contribution is -0.136. The average molecular weight is 440 g/mol. The Hall–Kier alpha value is -2.78. The van der Waals surface area contributed by atoms with Gasteiger partial charge in [-0.2, -0.15) is 0 Å². The highest BCUT2D eigenvalue weighted by Gasteiger charge is 2.44. The molecule has 0 radical (unpaired) electrons. The topological polar surface area (TPSA) is 116 Å². The molecule has 9 nitrogen and oxygen atoms in total.